The van der Waals surface area contributed by atoms with Gasteiger partial charge in [-0.05, 0) is 31.0 Å². The van der Waals surface area contributed by atoms with Crippen molar-refractivity contribution >= 4 is 11.0 Å². The summed E-state index contributed by atoms with van der Waals surface area (Å²) < 4.78 is 19.0. The zero-order chi connectivity index (χ0) is 17.7. The van der Waals surface area contributed by atoms with E-state index in [0.29, 0.717) is 30.2 Å². The largest absolute Gasteiger partial charge is 0.464 e. The molecule has 0 bridgehead atoms. The first-order chi connectivity index (χ1) is 12.7. The Morgan fingerprint density at radius 1 is 1.31 bits per heavy atom. The number of halogens is 1. The summed E-state index contributed by atoms with van der Waals surface area (Å²) in [6.07, 6.45) is 6.67. The second kappa shape index (κ2) is 5.99. The highest BCUT2D eigenvalue weighted by Crippen LogP contribution is 2.38. The summed E-state index contributed by atoms with van der Waals surface area (Å²) in [4.78, 5) is 24.1. The molecule has 1 fully saturated rings. The summed E-state index contributed by atoms with van der Waals surface area (Å²) in [5.41, 5.74) is 3.03. The van der Waals surface area contributed by atoms with Gasteiger partial charge in [0.2, 0.25) is 0 Å². The first kappa shape index (κ1) is 15.6. The molecule has 0 N–H and O–H groups in total. The summed E-state index contributed by atoms with van der Waals surface area (Å²) in [6, 6.07) is 4.02. The normalized spacial score (nSPS) is 17.4. The predicted molar refractivity (Wildman–Crippen MR) is 94.3 cm³/mol. The van der Waals surface area contributed by atoms with Crippen LogP contribution in [0.15, 0.2) is 39.9 Å². The molecule has 0 spiro atoms. The van der Waals surface area contributed by atoms with Gasteiger partial charge >= 0.3 is 0 Å². The molecule has 3 heterocycles. The van der Waals surface area contributed by atoms with Gasteiger partial charge in [0, 0.05) is 55.0 Å². The topological polar surface area (TPSA) is 59.2 Å². The third-order valence-corrected chi connectivity index (χ3v) is 5.17. The molecule has 1 aromatic carbocycles. The van der Waals surface area contributed by atoms with E-state index in [1.54, 1.807) is 0 Å². The highest BCUT2D eigenvalue weighted by molar-refractivity contribution is 5.76. The predicted octanol–water partition coefficient (Wildman–Crippen LogP) is 3.16. The van der Waals surface area contributed by atoms with E-state index in [-0.39, 0.29) is 10.8 Å². The second-order valence-corrected chi connectivity index (χ2v) is 7.17. The van der Waals surface area contributed by atoms with Crippen molar-refractivity contribution in [2.75, 3.05) is 6.54 Å². The van der Waals surface area contributed by atoms with E-state index in [1.165, 1.54) is 37.3 Å². The Bertz CT molecular complexity index is 1060. The van der Waals surface area contributed by atoms with Crippen LogP contribution in [-0.2, 0) is 19.5 Å². The van der Waals surface area contributed by atoms with Gasteiger partial charge < -0.3 is 4.42 Å². The van der Waals surface area contributed by atoms with Gasteiger partial charge in [0.25, 0.3) is 0 Å². The number of aromatic nitrogens is 2. The molecule has 0 amide bonds. The highest BCUT2D eigenvalue weighted by Gasteiger charge is 2.28. The van der Waals surface area contributed by atoms with E-state index in [9.17, 15) is 9.18 Å². The summed E-state index contributed by atoms with van der Waals surface area (Å²) in [5.74, 6) is 1.10. The lowest BCUT2D eigenvalue weighted by atomic mass is 10.1. The summed E-state index contributed by atoms with van der Waals surface area (Å²) in [6.45, 7) is 2.01. The van der Waals surface area contributed by atoms with Crippen LogP contribution in [0.25, 0.3) is 11.0 Å². The van der Waals surface area contributed by atoms with Crippen molar-refractivity contribution < 1.29 is 8.81 Å². The average molecular weight is 351 g/mol. The summed E-state index contributed by atoms with van der Waals surface area (Å²) in [7, 11) is 0. The van der Waals surface area contributed by atoms with Gasteiger partial charge in [-0.15, -0.1) is 0 Å². The quantitative estimate of drug-likeness (QED) is 0.725. The van der Waals surface area contributed by atoms with Gasteiger partial charge in [-0.2, -0.15) is 0 Å². The van der Waals surface area contributed by atoms with Crippen LogP contribution in [0.3, 0.4) is 0 Å². The van der Waals surface area contributed by atoms with E-state index >= 15 is 0 Å². The van der Waals surface area contributed by atoms with Crippen molar-refractivity contribution in [2.24, 2.45) is 0 Å². The Morgan fingerprint density at radius 2 is 2.19 bits per heavy atom. The van der Waals surface area contributed by atoms with Crippen LogP contribution in [0.2, 0.25) is 0 Å². The fourth-order valence-electron chi connectivity index (χ4n) is 3.56. The number of rotatable bonds is 3. The molecule has 2 aliphatic rings. The molecule has 3 aromatic rings. The molecule has 1 saturated carbocycles. The van der Waals surface area contributed by atoms with E-state index in [2.05, 4.69) is 9.88 Å². The van der Waals surface area contributed by atoms with E-state index in [0.717, 1.165) is 30.0 Å². The molecule has 1 aliphatic carbocycles. The standard InChI is InChI=1S/C20H18FN3O2/c21-15-3-4-18-16(7-15)19(25)14(11-26-18)10-24-6-5-17-13(9-24)8-22-20(23-17)12-1-2-12/h3-4,7-8,11-12H,1-2,5-6,9-10H2. The second-order valence-electron chi connectivity index (χ2n) is 7.17. The minimum absolute atomic E-state index is 0.170. The van der Waals surface area contributed by atoms with Gasteiger partial charge in [0.05, 0.1) is 11.6 Å². The van der Waals surface area contributed by atoms with Crippen LogP contribution in [0.1, 0.15) is 41.4 Å². The molecule has 6 heteroatoms. The maximum atomic E-state index is 13.5. The molecular formula is C20H18FN3O2. The maximum Gasteiger partial charge on any atom is 0.197 e. The van der Waals surface area contributed by atoms with Crippen LogP contribution in [0.4, 0.5) is 4.39 Å². The van der Waals surface area contributed by atoms with Crippen molar-refractivity contribution in [2.45, 2.75) is 38.3 Å². The molecule has 2 aromatic heterocycles. The van der Waals surface area contributed by atoms with Gasteiger partial charge in [-0.1, -0.05) is 0 Å². The fourth-order valence-corrected chi connectivity index (χ4v) is 3.56. The van der Waals surface area contributed by atoms with Gasteiger partial charge in [-0.3, -0.25) is 9.69 Å². The Hall–Kier alpha value is -2.60. The molecule has 132 valence electrons. The minimum Gasteiger partial charge on any atom is -0.464 e. The molecule has 0 radical (unpaired) electrons. The average Bonchev–Trinajstić information content (AvgIpc) is 3.49. The highest BCUT2D eigenvalue weighted by atomic mass is 19.1. The zero-order valence-corrected chi connectivity index (χ0v) is 14.2. The van der Waals surface area contributed by atoms with Crippen LogP contribution >= 0.6 is 0 Å². The lowest BCUT2D eigenvalue weighted by molar-refractivity contribution is 0.240. The van der Waals surface area contributed by atoms with Crippen molar-refractivity contribution in [1.82, 2.24) is 14.9 Å². The van der Waals surface area contributed by atoms with Gasteiger partial charge in [0.1, 0.15) is 17.2 Å². The number of benzene rings is 1. The number of nitrogens with zero attached hydrogens (tertiary/aromatic N) is 3. The molecule has 0 atom stereocenters. The number of hydrogen-bond acceptors (Lipinski definition) is 5. The molecule has 26 heavy (non-hydrogen) atoms. The zero-order valence-electron chi connectivity index (χ0n) is 14.2. The van der Waals surface area contributed by atoms with Crippen LogP contribution in [-0.4, -0.2) is 21.4 Å². The molecule has 5 rings (SSSR count). The summed E-state index contributed by atoms with van der Waals surface area (Å²) in [5, 5.41) is 0.289. The molecular weight excluding hydrogens is 333 g/mol. The van der Waals surface area contributed by atoms with E-state index in [4.69, 9.17) is 9.40 Å². The molecule has 0 saturated heterocycles. The third-order valence-electron chi connectivity index (χ3n) is 5.17. The Morgan fingerprint density at radius 3 is 3.04 bits per heavy atom. The van der Waals surface area contributed by atoms with Crippen LogP contribution in [0.5, 0.6) is 0 Å². The molecule has 1 aliphatic heterocycles. The van der Waals surface area contributed by atoms with Crippen LogP contribution < -0.4 is 5.43 Å². The lowest BCUT2D eigenvalue weighted by Crippen LogP contribution is -2.32. The van der Waals surface area contributed by atoms with Crippen molar-refractivity contribution in [1.29, 1.82) is 0 Å². The Balaban J connectivity index is 1.39. The van der Waals surface area contributed by atoms with Gasteiger partial charge in [-0.25, -0.2) is 14.4 Å². The summed E-state index contributed by atoms with van der Waals surface area (Å²) >= 11 is 0. The van der Waals surface area contributed by atoms with Crippen molar-refractivity contribution in [3.63, 3.8) is 0 Å². The lowest BCUT2D eigenvalue weighted by Gasteiger charge is -2.27. The third kappa shape index (κ3) is 2.80. The van der Waals surface area contributed by atoms with Gasteiger partial charge in [0.15, 0.2) is 5.43 Å². The smallest absolute Gasteiger partial charge is 0.197 e. The number of fused-ring (bicyclic) bond motifs is 2. The maximum absolute atomic E-state index is 13.5. The van der Waals surface area contributed by atoms with Crippen molar-refractivity contribution in [3.8, 4) is 0 Å². The Kier molecular flexibility index (Phi) is 3.60. The first-order valence-electron chi connectivity index (χ1n) is 8.94. The Labute approximate surface area is 149 Å². The number of hydrogen-bond donors (Lipinski definition) is 0. The van der Waals surface area contributed by atoms with Crippen molar-refractivity contribution in [3.05, 3.63) is 69.3 Å². The first-order valence-corrected chi connectivity index (χ1v) is 8.94. The molecule has 5 nitrogen and oxygen atoms in total. The van der Waals surface area contributed by atoms with E-state index in [1.807, 2.05) is 6.20 Å². The van der Waals surface area contributed by atoms with Crippen LogP contribution in [0, 0.1) is 5.82 Å². The fraction of sp³-hybridized carbons (Fsp3) is 0.350. The molecule has 0 unspecified atom stereocenters. The SMILES string of the molecule is O=c1c(CN2CCc3nc(C4CC4)ncc3C2)coc2ccc(F)cc12. The monoisotopic (exact) mass is 351 g/mol. The van der Waals surface area contributed by atoms with E-state index < -0.39 is 5.82 Å². The minimum atomic E-state index is -0.433.